The summed E-state index contributed by atoms with van der Waals surface area (Å²) < 4.78 is 23.9. The molecule has 0 atom stereocenters. The molecule has 6 nitrogen and oxygen atoms in total. The molecule has 0 radical (unpaired) electrons. The Morgan fingerprint density at radius 1 is 1.20 bits per heavy atom. The molecule has 0 aliphatic heterocycles. The van der Waals surface area contributed by atoms with E-state index in [1.807, 2.05) is 0 Å². The van der Waals surface area contributed by atoms with Gasteiger partial charge in [0, 0.05) is 0 Å². The Hall–Kier alpha value is -3.09. The van der Waals surface area contributed by atoms with Gasteiger partial charge < -0.3 is 20.5 Å². The van der Waals surface area contributed by atoms with Crippen LogP contribution in [0.2, 0.25) is 0 Å². The summed E-state index contributed by atoms with van der Waals surface area (Å²) in [4.78, 5) is 23.8. The third-order valence-electron chi connectivity index (χ3n) is 3.10. The van der Waals surface area contributed by atoms with Gasteiger partial charge in [-0.15, -0.1) is 0 Å². The van der Waals surface area contributed by atoms with Crippen molar-refractivity contribution in [2.75, 3.05) is 17.7 Å². The van der Waals surface area contributed by atoms with E-state index in [4.69, 9.17) is 15.2 Å². The minimum absolute atomic E-state index is 0.0540. The smallest absolute Gasteiger partial charge is 0.338 e. The Kier molecular flexibility index (Phi) is 5.94. The number of esters is 1. The molecule has 132 valence electrons. The van der Waals surface area contributed by atoms with Crippen molar-refractivity contribution in [1.29, 1.82) is 0 Å². The lowest BCUT2D eigenvalue weighted by atomic mass is 10.2. The van der Waals surface area contributed by atoms with Gasteiger partial charge in [0.25, 0.3) is 5.91 Å². The van der Waals surface area contributed by atoms with E-state index in [9.17, 15) is 14.0 Å². The van der Waals surface area contributed by atoms with Gasteiger partial charge in [0.15, 0.2) is 6.61 Å². The van der Waals surface area contributed by atoms with Crippen LogP contribution in [-0.4, -0.2) is 24.6 Å². The highest BCUT2D eigenvalue weighted by molar-refractivity contribution is 5.92. The molecule has 0 aliphatic carbocycles. The minimum atomic E-state index is -0.556. The van der Waals surface area contributed by atoms with Crippen molar-refractivity contribution in [2.45, 2.75) is 20.0 Å². The van der Waals surface area contributed by atoms with Crippen LogP contribution in [0.5, 0.6) is 5.75 Å². The molecule has 1 amide bonds. The summed E-state index contributed by atoms with van der Waals surface area (Å²) in [5, 5.41) is 2.39. The molecule has 0 bridgehead atoms. The zero-order chi connectivity index (χ0) is 18.4. The van der Waals surface area contributed by atoms with Gasteiger partial charge in [0.1, 0.15) is 11.6 Å². The number of para-hydroxylation sites is 1. The zero-order valence-corrected chi connectivity index (χ0v) is 13.9. The van der Waals surface area contributed by atoms with E-state index in [0.717, 1.165) is 0 Å². The Labute approximate surface area is 144 Å². The van der Waals surface area contributed by atoms with Crippen LogP contribution >= 0.6 is 0 Å². The van der Waals surface area contributed by atoms with Crippen molar-refractivity contribution >= 4 is 23.3 Å². The maximum atomic E-state index is 13.5. The molecule has 3 N–H and O–H groups in total. The maximum absolute atomic E-state index is 13.5. The predicted molar refractivity (Wildman–Crippen MR) is 91.9 cm³/mol. The van der Waals surface area contributed by atoms with Crippen molar-refractivity contribution in [1.82, 2.24) is 0 Å². The van der Waals surface area contributed by atoms with Gasteiger partial charge in [-0.05, 0) is 44.2 Å². The number of amides is 1. The molecule has 7 heteroatoms. The van der Waals surface area contributed by atoms with Crippen molar-refractivity contribution in [3.8, 4) is 5.75 Å². The summed E-state index contributed by atoms with van der Waals surface area (Å²) >= 11 is 0. The van der Waals surface area contributed by atoms with E-state index >= 15 is 0 Å². The number of benzene rings is 2. The van der Waals surface area contributed by atoms with E-state index in [2.05, 4.69) is 5.32 Å². The first-order chi connectivity index (χ1) is 11.9. The van der Waals surface area contributed by atoms with E-state index in [1.165, 1.54) is 36.4 Å². The number of rotatable bonds is 6. The van der Waals surface area contributed by atoms with E-state index < -0.39 is 17.7 Å². The second-order valence-electron chi connectivity index (χ2n) is 5.52. The van der Waals surface area contributed by atoms with E-state index in [-0.39, 0.29) is 35.4 Å². The second kappa shape index (κ2) is 8.14. The average Bonchev–Trinajstić information content (AvgIpc) is 2.55. The number of anilines is 2. The number of hydrogen-bond acceptors (Lipinski definition) is 5. The topological polar surface area (TPSA) is 90.7 Å². The summed E-state index contributed by atoms with van der Waals surface area (Å²) in [7, 11) is 0. The summed E-state index contributed by atoms with van der Waals surface area (Å²) in [6, 6.07) is 10.2. The Morgan fingerprint density at radius 3 is 2.60 bits per heavy atom. The lowest BCUT2D eigenvalue weighted by molar-refractivity contribution is -0.118. The van der Waals surface area contributed by atoms with E-state index in [1.54, 1.807) is 19.9 Å². The average molecular weight is 346 g/mol. The fourth-order valence-corrected chi connectivity index (χ4v) is 1.96. The second-order valence-corrected chi connectivity index (χ2v) is 5.52. The van der Waals surface area contributed by atoms with Gasteiger partial charge in [-0.1, -0.05) is 12.1 Å². The monoisotopic (exact) mass is 346 g/mol. The molecular formula is C18H19FN2O4. The number of carbonyl (C=O) groups is 2. The highest BCUT2D eigenvalue weighted by atomic mass is 19.1. The van der Waals surface area contributed by atoms with Gasteiger partial charge in [0.05, 0.1) is 23.0 Å². The van der Waals surface area contributed by atoms with Crippen LogP contribution in [0.25, 0.3) is 0 Å². The number of halogens is 1. The third-order valence-corrected chi connectivity index (χ3v) is 3.10. The number of hydrogen-bond donors (Lipinski definition) is 2. The quantitative estimate of drug-likeness (QED) is 0.620. The fraction of sp³-hybridized carbons (Fsp3) is 0.222. The standard InChI is InChI=1S/C18H19FN2O4/c1-11(2)25-18(23)12-7-8-14(20)16(9-12)24-10-17(22)21-15-6-4-3-5-13(15)19/h3-9,11H,10,20H2,1-2H3,(H,21,22). The fourth-order valence-electron chi connectivity index (χ4n) is 1.96. The normalized spacial score (nSPS) is 10.4. The minimum Gasteiger partial charge on any atom is -0.482 e. The van der Waals surface area contributed by atoms with Crippen molar-refractivity contribution in [2.24, 2.45) is 0 Å². The van der Waals surface area contributed by atoms with Gasteiger partial charge in [-0.25, -0.2) is 9.18 Å². The summed E-state index contributed by atoms with van der Waals surface area (Å²) in [5.41, 5.74) is 6.36. The van der Waals surface area contributed by atoms with Crippen LogP contribution in [0, 0.1) is 5.82 Å². The molecule has 0 aromatic heterocycles. The summed E-state index contributed by atoms with van der Waals surface area (Å²) in [5.74, 6) is -1.45. The van der Waals surface area contributed by atoms with Crippen LogP contribution in [0.15, 0.2) is 42.5 Å². The van der Waals surface area contributed by atoms with Crippen LogP contribution in [0.4, 0.5) is 15.8 Å². The van der Waals surface area contributed by atoms with Crippen molar-refractivity contribution < 1.29 is 23.5 Å². The molecule has 2 aromatic carbocycles. The van der Waals surface area contributed by atoms with Crippen molar-refractivity contribution in [3.05, 3.63) is 53.8 Å². The van der Waals surface area contributed by atoms with Gasteiger partial charge >= 0.3 is 5.97 Å². The largest absolute Gasteiger partial charge is 0.482 e. The predicted octanol–water partition coefficient (Wildman–Crippen LogP) is 2.99. The zero-order valence-electron chi connectivity index (χ0n) is 13.9. The molecule has 0 fully saturated rings. The van der Waals surface area contributed by atoms with Gasteiger partial charge in [0.2, 0.25) is 0 Å². The maximum Gasteiger partial charge on any atom is 0.338 e. The highest BCUT2D eigenvalue weighted by Gasteiger charge is 2.13. The van der Waals surface area contributed by atoms with Crippen LogP contribution < -0.4 is 15.8 Å². The SMILES string of the molecule is CC(C)OC(=O)c1ccc(N)c(OCC(=O)Nc2ccccc2F)c1. The number of nitrogen functional groups attached to an aromatic ring is 1. The molecule has 0 aliphatic rings. The van der Waals surface area contributed by atoms with Crippen LogP contribution in [-0.2, 0) is 9.53 Å². The van der Waals surface area contributed by atoms with Crippen molar-refractivity contribution in [3.63, 3.8) is 0 Å². The molecule has 0 saturated heterocycles. The molecule has 0 spiro atoms. The Balaban J connectivity index is 2.01. The first-order valence-corrected chi connectivity index (χ1v) is 7.64. The molecule has 0 heterocycles. The molecule has 25 heavy (non-hydrogen) atoms. The van der Waals surface area contributed by atoms with Gasteiger partial charge in [-0.3, -0.25) is 4.79 Å². The summed E-state index contributed by atoms with van der Waals surface area (Å²) in [6.45, 7) is 3.08. The molecule has 0 saturated carbocycles. The van der Waals surface area contributed by atoms with Gasteiger partial charge in [-0.2, -0.15) is 0 Å². The third kappa shape index (κ3) is 5.20. The lowest BCUT2D eigenvalue weighted by Crippen LogP contribution is -2.21. The summed E-state index contributed by atoms with van der Waals surface area (Å²) in [6.07, 6.45) is -0.263. The first-order valence-electron chi connectivity index (χ1n) is 7.64. The lowest BCUT2D eigenvalue weighted by Gasteiger charge is -2.12. The van der Waals surface area contributed by atoms with Crippen LogP contribution in [0.3, 0.4) is 0 Å². The number of carbonyl (C=O) groups excluding carboxylic acids is 2. The molecule has 2 aromatic rings. The number of nitrogens with two attached hydrogens (primary N) is 1. The Bertz CT molecular complexity index is 777. The van der Waals surface area contributed by atoms with E-state index in [0.29, 0.717) is 0 Å². The Morgan fingerprint density at radius 2 is 1.92 bits per heavy atom. The first kappa shape index (κ1) is 18.3. The highest BCUT2D eigenvalue weighted by Crippen LogP contribution is 2.23. The molecule has 2 rings (SSSR count). The molecule has 0 unspecified atom stereocenters. The molecular weight excluding hydrogens is 327 g/mol. The number of nitrogens with one attached hydrogen (secondary N) is 1. The van der Waals surface area contributed by atoms with Crippen LogP contribution in [0.1, 0.15) is 24.2 Å². The number of ether oxygens (including phenoxy) is 2.